The topological polar surface area (TPSA) is 78.9 Å². The fourth-order valence-electron chi connectivity index (χ4n) is 6.70. The summed E-state index contributed by atoms with van der Waals surface area (Å²) >= 11 is 0. The number of esters is 3. The first-order valence-corrected chi connectivity index (χ1v) is 24.9. The highest BCUT2D eigenvalue weighted by molar-refractivity contribution is 5.71. The van der Waals surface area contributed by atoms with Gasteiger partial charge in [0.1, 0.15) is 13.2 Å². The van der Waals surface area contributed by atoms with Gasteiger partial charge in [-0.05, 0) is 89.9 Å². The summed E-state index contributed by atoms with van der Waals surface area (Å²) in [6.45, 7) is 6.40. The van der Waals surface area contributed by atoms with E-state index < -0.39 is 6.10 Å². The van der Waals surface area contributed by atoms with Gasteiger partial charge in [0.25, 0.3) is 0 Å². The average molecular weight is 837 g/mol. The van der Waals surface area contributed by atoms with Crippen molar-refractivity contribution in [2.75, 3.05) is 13.2 Å². The Morgan fingerprint density at radius 2 is 0.650 bits per heavy atom. The van der Waals surface area contributed by atoms with Crippen molar-refractivity contribution in [3.8, 4) is 0 Å². The first-order chi connectivity index (χ1) is 29.5. The van der Waals surface area contributed by atoms with Gasteiger partial charge in [0.05, 0.1) is 0 Å². The van der Waals surface area contributed by atoms with Gasteiger partial charge < -0.3 is 14.2 Å². The third-order valence-corrected chi connectivity index (χ3v) is 10.4. The summed E-state index contributed by atoms with van der Waals surface area (Å²) in [7, 11) is 0. The SMILES string of the molecule is CC/C=C\C/C=C\C/C=C\C/C=C\C/C=C\CCCCCC(=O)OCC(COC(=O)CCCCCCC)OC(=O)CCCCCCCCC/C=C\CCCCCCCCC. The van der Waals surface area contributed by atoms with Crippen LogP contribution >= 0.6 is 0 Å². The zero-order chi connectivity index (χ0) is 43.7. The number of hydrogen-bond acceptors (Lipinski definition) is 6. The zero-order valence-electron chi connectivity index (χ0n) is 39.2. The van der Waals surface area contributed by atoms with E-state index in [0.29, 0.717) is 19.3 Å². The number of carbonyl (C=O) groups excluding carboxylic acids is 3. The maximum absolute atomic E-state index is 12.7. The van der Waals surface area contributed by atoms with E-state index >= 15 is 0 Å². The molecule has 0 radical (unpaired) electrons. The number of allylic oxidation sites excluding steroid dienone is 12. The molecule has 0 rings (SSSR count). The van der Waals surface area contributed by atoms with Crippen LogP contribution in [0, 0.1) is 0 Å². The summed E-state index contributed by atoms with van der Waals surface area (Å²) in [4.78, 5) is 37.6. The summed E-state index contributed by atoms with van der Waals surface area (Å²) in [5.74, 6) is -0.941. The molecule has 344 valence electrons. The molecular weight excluding hydrogens is 745 g/mol. The molecule has 0 aliphatic rings. The molecule has 6 nitrogen and oxygen atoms in total. The highest BCUT2D eigenvalue weighted by atomic mass is 16.6. The van der Waals surface area contributed by atoms with Crippen LogP contribution in [0.3, 0.4) is 0 Å². The van der Waals surface area contributed by atoms with Crippen molar-refractivity contribution in [1.82, 2.24) is 0 Å². The lowest BCUT2D eigenvalue weighted by atomic mass is 10.1. The molecule has 0 aliphatic carbocycles. The molecule has 0 spiro atoms. The number of hydrogen-bond donors (Lipinski definition) is 0. The Hall–Kier alpha value is -3.15. The second-order valence-electron chi connectivity index (χ2n) is 16.3. The molecule has 0 aliphatic heterocycles. The first kappa shape index (κ1) is 56.9. The summed E-state index contributed by atoms with van der Waals surface area (Å²) in [5.41, 5.74) is 0. The van der Waals surface area contributed by atoms with Crippen LogP contribution in [0.1, 0.15) is 233 Å². The predicted octanol–water partition coefficient (Wildman–Crippen LogP) is 16.3. The lowest BCUT2D eigenvalue weighted by Crippen LogP contribution is -2.30. The highest BCUT2D eigenvalue weighted by Crippen LogP contribution is 2.14. The van der Waals surface area contributed by atoms with Crippen LogP contribution < -0.4 is 0 Å². The lowest BCUT2D eigenvalue weighted by molar-refractivity contribution is -0.167. The second kappa shape index (κ2) is 48.5. The molecule has 0 fully saturated rings. The molecule has 0 aromatic heterocycles. The monoisotopic (exact) mass is 837 g/mol. The molecule has 0 N–H and O–H groups in total. The highest BCUT2D eigenvalue weighted by Gasteiger charge is 2.19. The second-order valence-corrected chi connectivity index (χ2v) is 16.3. The summed E-state index contributed by atoms with van der Waals surface area (Å²) in [6.07, 6.45) is 60.6. The molecule has 60 heavy (non-hydrogen) atoms. The molecule has 6 heteroatoms. The van der Waals surface area contributed by atoms with Crippen molar-refractivity contribution in [2.24, 2.45) is 0 Å². The van der Waals surface area contributed by atoms with Gasteiger partial charge in [0.2, 0.25) is 0 Å². The van der Waals surface area contributed by atoms with E-state index in [2.05, 4.69) is 93.7 Å². The van der Waals surface area contributed by atoms with E-state index in [9.17, 15) is 14.4 Å². The Balaban J connectivity index is 4.26. The Labute approximate surface area is 370 Å². The van der Waals surface area contributed by atoms with Crippen molar-refractivity contribution in [1.29, 1.82) is 0 Å². The molecule has 0 heterocycles. The Morgan fingerprint density at radius 1 is 0.350 bits per heavy atom. The molecule has 0 bridgehead atoms. The minimum absolute atomic E-state index is 0.0889. The van der Waals surface area contributed by atoms with Gasteiger partial charge in [-0.2, -0.15) is 0 Å². The molecular formula is C54H92O6. The Morgan fingerprint density at radius 3 is 1.05 bits per heavy atom. The minimum atomic E-state index is -0.787. The standard InChI is InChI=1S/C54H92O6/c1-4-7-10-13-15-17-19-21-23-25-27-29-30-32-34-36-38-41-44-47-53(56)59-50-51(49-58-52(55)46-43-40-12-9-6-3)60-54(57)48-45-42-39-37-35-33-31-28-26-24-22-20-18-16-14-11-8-5-2/h7,10,15,17,21,23-24,26-27,29,32,34,51H,4-6,8-9,11-14,16,18-20,22,25,28,30-31,33,35-50H2,1-3H3/b10-7-,17-15-,23-21-,26-24-,29-27-,34-32-. The first-order valence-electron chi connectivity index (χ1n) is 24.9. The largest absolute Gasteiger partial charge is 0.462 e. The number of rotatable bonds is 44. The number of unbranched alkanes of at least 4 members (excludes halogenated alkanes) is 21. The Bertz CT molecular complexity index is 1140. The number of carbonyl (C=O) groups is 3. The minimum Gasteiger partial charge on any atom is -0.462 e. The zero-order valence-corrected chi connectivity index (χ0v) is 39.2. The molecule has 0 aromatic rings. The lowest BCUT2D eigenvalue weighted by Gasteiger charge is -2.18. The van der Waals surface area contributed by atoms with Gasteiger partial charge in [0, 0.05) is 19.3 Å². The van der Waals surface area contributed by atoms with Gasteiger partial charge in [0.15, 0.2) is 6.10 Å². The predicted molar refractivity (Wildman–Crippen MR) is 256 cm³/mol. The van der Waals surface area contributed by atoms with Crippen LogP contribution in [0.4, 0.5) is 0 Å². The van der Waals surface area contributed by atoms with Crippen LogP contribution in [0.15, 0.2) is 72.9 Å². The van der Waals surface area contributed by atoms with E-state index in [1.165, 1.54) is 89.9 Å². The van der Waals surface area contributed by atoms with Crippen LogP contribution in [0.25, 0.3) is 0 Å². The summed E-state index contributed by atoms with van der Waals surface area (Å²) in [6, 6.07) is 0. The molecule has 1 unspecified atom stereocenters. The maximum atomic E-state index is 12.7. The maximum Gasteiger partial charge on any atom is 0.306 e. The van der Waals surface area contributed by atoms with Crippen molar-refractivity contribution in [3.05, 3.63) is 72.9 Å². The van der Waals surface area contributed by atoms with Crippen molar-refractivity contribution < 1.29 is 28.6 Å². The van der Waals surface area contributed by atoms with Gasteiger partial charge in [-0.3, -0.25) is 14.4 Å². The van der Waals surface area contributed by atoms with Gasteiger partial charge in [-0.1, -0.05) is 196 Å². The van der Waals surface area contributed by atoms with Crippen LogP contribution in [-0.4, -0.2) is 37.2 Å². The van der Waals surface area contributed by atoms with Gasteiger partial charge >= 0.3 is 17.9 Å². The van der Waals surface area contributed by atoms with Crippen molar-refractivity contribution >= 4 is 17.9 Å². The summed E-state index contributed by atoms with van der Waals surface area (Å²) < 4.78 is 16.6. The van der Waals surface area contributed by atoms with Gasteiger partial charge in [-0.25, -0.2) is 0 Å². The fraction of sp³-hybridized carbons (Fsp3) is 0.722. The number of ether oxygens (including phenoxy) is 3. The molecule has 0 amide bonds. The van der Waals surface area contributed by atoms with Crippen LogP contribution in [0.2, 0.25) is 0 Å². The molecule has 0 saturated heterocycles. The van der Waals surface area contributed by atoms with E-state index in [1.807, 2.05) is 0 Å². The molecule has 0 saturated carbocycles. The molecule has 0 aromatic carbocycles. The van der Waals surface area contributed by atoms with Crippen LogP contribution in [0.5, 0.6) is 0 Å². The van der Waals surface area contributed by atoms with Crippen LogP contribution in [-0.2, 0) is 28.6 Å². The molecule has 1 atom stereocenters. The van der Waals surface area contributed by atoms with Gasteiger partial charge in [-0.15, -0.1) is 0 Å². The third kappa shape index (κ3) is 45.9. The Kier molecular flexibility index (Phi) is 46.0. The third-order valence-electron chi connectivity index (χ3n) is 10.4. The van der Waals surface area contributed by atoms with E-state index in [4.69, 9.17) is 14.2 Å². The normalized spacial score (nSPS) is 12.7. The van der Waals surface area contributed by atoms with Crippen molar-refractivity contribution in [3.63, 3.8) is 0 Å². The average Bonchev–Trinajstić information content (AvgIpc) is 3.24. The van der Waals surface area contributed by atoms with E-state index in [-0.39, 0.29) is 31.1 Å². The van der Waals surface area contributed by atoms with E-state index in [1.54, 1.807) is 0 Å². The van der Waals surface area contributed by atoms with Crippen molar-refractivity contribution in [2.45, 2.75) is 239 Å². The van der Waals surface area contributed by atoms with E-state index in [0.717, 1.165) is 103 Å². The quantitative estimate of drug-likeness (QED) is 0.0263. The fourth-order valence-corrected chi connectivity index (χ4v) is 6.70. The summed E-state index contributed by atoms with van der Waals surface area (Å²) in [5, 5.41) is 0. The smallest absolute Gasteiger partial charge is 0.306 e.